The van der Waals surface area contributed by atoms with E-state index in [1.54, 1.807) is 7.11 Å². The molecule has 0 radical (unpaired) electrons. The molecule has 2 aliphatic rings. The fourth-order valence-corrected chi connectivity index (χ4v) is 4.86. The van der Waals surface area contributed by atoms with E-state index in [4.69, 9.17) is 15.2 Å². The number of nitriles is 1. The van der Waals surface area contributed by atoms with Gasteiger partial charge in [0.25, 0.3) is 0 Å². The molecule has 0 spiro atoms. The van der Waals surface area contributed by atoms with Gasteiger partial charge in [-0.2, -0.15) is 5.26 Å². The topological polar surface area (TPSA) is 85.3 Å². The Balaban J connectivity index is 1.59. The Morgan fingerprint density at radius 3 is 2.53 bits per heavy atom. The molecule has 0 unspecified atom stereocenters. The van der Waals surface area contributed by atoms with Crippen LogP contribution in [0.5, 0.6) is 5.75 Å². The minimum atomic E-state index is -0.532. The average Bonchev–Trinajstić information content (AvgIpc) is 2.82. The number of benzene rings is 3. The number of rotatable bonds is 3. The predicted octanol–water partition coefficient (Wildman–Crippen LogP) is 5.06. The van der Waals surface area contributed by atoms with Crippen LogP contribution in [0.3, 0.4) is 0 Å². The molecule has 1 heterocycles. The van der Waals surface area contributed by atoms with E-state index >= 15 is 0 Å². The third-order valence-corrected chi connectivity index (χ3v) is 6.37. The molecular formula is C27H22N2O3. The summed E-state index contributed by atoms with van der Waals surface area (Å²) in [6.07, 6.45) is 0.919. The number of hydrogen-bond acceptors (Lipinski definition) is 5. The molecule has 32 heavy (non-hydrogen) atoms. The number of Topliss-reactive ketones (excluding diaryl/α,β-unsaturated/α-hetero) is 1. The fourth-order valence-electron chi connectivity index (χ4n) is 4.86. The van der Waals surface area contributed by atoms with Crippen LogP contribution in [0.4, 0.5) is 0 Å². The van der Waals surface area contributed by atoms with Crippen molar-refractivity contribution in [1.82, 2.24) is 0 Å². The van der Waals surface area contributed by atoms with E-state index < -0.39 is 5.92 Å². The zero-order chi connectivity index (χ0) is 22.2. The molecule has 0 saturated heterocycles. The molecule has 0 amide bonds. The number of fused-ring (bicyclic) bond motifs is 1. The third kappa shape index (κ3) is 3.21. The molecule has 3 aromatic carbocycles. The fraction of sp³-hybridized carbons (Fsp3) is 0.185. The molecular weight excluding hydrogens is 400 g/mol. The smallest absolute Gasteiger partial charge is 0.205 e. The van der Waals surface area contributed by atoms with Gasteiger partial charge in [-0.25, -0.2) is 0 Å². The Labute approximate surface area is 186 Å². The first-order chi connectivity index (χ1) is 15.6. The maximum atomic E-state index is 13.5. The SMILES string of the molecule is COc1ccc([C@@H]2C(C#N)=C(N)OC3=C2C(=O)C[C@H](c2cccc4ccccc24)C3)cc1. The Bertz CT molecular complexity index is 1320. The lowest BCUT2D eigenvalue weighted by molar-refractivity contribution is -0.117. The van der Waals surface area contributed by atoms with Gasteiger partial charge >= 0.3 is 0 Å². The molecule has 3 aromatic rings. The van der Waals surface area contributed by atoms with Crippen LogP contribution in [0.1, 0.15) is 35.8 Å². The summed E-state index contributed by atoms with van der Waals surface area (Å²) in [6, 6.07) is 23.9. The van der Waals surface area contributed by atoms with E-state index in [9.17, 15) is 10.1 Å². The molecule has 5 heteroatoms. The second kappa shape index (κ2) is 7.90. The van der Waals surface area contributed by atoms with Crippen LogP contribution < -0.4 is 10.5 Å². The van der Waals surface area contributed by atoms with Gasteiger partial charge in [0.2, 0.25) is 5.88 Å². The summed E-state index contributed by atoms with van der Waals surface area (Å²) in [5.41, 5.74) is 8.92. The predicted molar refractivity (Wildman–Crippen MR) is 122 cm³/mol. The average molecular weight is 422 g/mol. The van der Waals surface area contributed by atoms with E-state index in [0.717, 1.165) is 21.9 Å². The molecule has 1 aliphatic carbocycles. The molecule has 2 atom stereocenters. The van der Waals surface area contributed by atoms with Gasteiger partial charge in [-0.05, 0) is 39.9 Å². The standard InChI is InChI=1S/C27H22N2O3/c1-31-19-11-9-17(10-12-19)25-22(15-28)27(29)32-24-14-18(13-23(30)26(24)25)21-8-4-6-16-5-2-3-7-20(16)21/h2-12,18,25H,13-14,29H2,1H3/t18-,25+/m0/s1. The number of carbonyl (C=O) groups is 1. The summed E-state index contributed by atoms with van der Waals surface area (Å²) in [4.78, 5) is 13.5. The number of carbonyl (C=O) groups excluding carboxylic acids is 1. The number of methoxy groups -OCH3 is 1. The van der Waals surface area contributed by atoms with Crippen molar-refractivity contribution in [3.63, 3.8) is 0 Å². The van der Waals surface area contributed by atoms with Crippen LogP contribution in [0, 0.1) is 11.3 Å². The minimum Gasteiger partial charge on any atom is -0.497 e. The number of ether oxygens (including phenoxy) is 2. The van der Waals surface area contributed by atoms with Gasteiger partial charge in [0, 0.05) is 18.4 Å². The van der Waals surface area contributed by atoms with Crippen LogP contribution in [-0.4, -0.2) is 12.9 Å². The monoisotopic (exact) mass is 422 g/mol. The summed E-state index contributed by atoms with van der Waals surface area (Å²) < 4.78 is 11.1. The first-order valence-corrected chi connectivity index (χ1v) is 10.6. The zero-order valence-corrected chi connectivity index (χ0v) is 17.7. The molecule has 0 saturated carbocycles. The lowest BCUT2D eigenvalue weighted by Crippen LogP contribution is -2.29. The number of allylic oxidation sites excluding steroid dienone is 3. The Hall–Kier alpha value is -4.04. The molecule has 158 valence electrons. The van der Waals surface area contributed by atoms with Crippen molar-refractivity contribution in [1.29, 1.82) is 5.26 Å². The van der Waals surface area contributed by atoms with Crippen LogP contribution in [0.2, 0.25) is 0 Å². The van der Waals surface area contributed by atoms with E-state index in [1.165, 1.54) is 0 Å². The van der Waals surface area contributed by atoms with Crippen molar-refractivity contribution < 1.29 is 14.3 Å². The van der Waals surface area contributed by atoms with Gasteiger partial charge in [0.15, 0.2) is 5.78 Å². The number of hydrogen-bond donors (Lipinski definition) is 1. The number of ketones is 1. The van der Waals surface area contributed by atoms with E-state index in [0.29, 0.717) is 29.9 Å². The molecule has 1 aliphatic heterocycles. The largest absolute Gasteiger partial charge is 0.497 e. The maximum absolute atomic E-state index is 13.5. The summed E-state index contributed by atoms with van der Waals surface area (Å²) in [5.74, 6) is 0.785. The van der Waals surface area contributed by atoms with Gasteiger partial charge in [-0.3, -0.25) is 4.79 Å². The molecule has 0 aromatic heterocycles. The van der Waals surface area contributed by atoms with E-state index in [-0.39, 0.29) is 23.2 Å². The highest BCUT2D eigenvalue weighted by molar-refractivity contribution is 6.00. The quantitative estimate of drug-likeness (QED) is 0.638. The summed E-state index contributed by atoms with van der Waals surface area (Å²) >= 11 is 0. The third-order valence-electron chi connectivity index (χ3n) is 6.37. The zero-order valence-electron chi connectivity index (χ0n) is 17.7. The minimum absolute atomic E-state index is 0.00903. The molecule has 0 bridgehead atoms. The van der Waals surface area contributed by atoms with E-state index in [1.807, 2.05) is 42.5 Å². The van der Waals surface area contributed by atoms with Crippen molar-refractivity contribution in [2.24, 2.45) is 5.73 Å². The Morgan fingerprint density at radius 2 is 1.78 bits per heavy atom. The molecule has 5 rings (SSSR count). The van der Waals surface area contributed by atoms with Gasteiger partial charge in [-0.1, -0.05) is 54.6 Å². The van der Waals surface area contributed by atoms with Gasteiger partial charge in [-0.15, -0.1) is 0 Å². The van der Waals surface area contributed by atoms with E-state index in [2.05, 4.69) is 30.3 Å². The van der Waals surface area contributed by atoms with Crippen LogP contribution >= 0.6 is 0 Å². The highest BCUT2D eigenvalue weighted by Gasteiger charge is 2.41. The van der Waals surface area contributed by atoms with Crippen LogP contribution in [-0.2, 0) is 9.53 Å². The highest BCUT2D eigenvalue weighted by atomic mass is 16.5. The Morgan fingerprint density at radius 1 is 1.03 bits per heavy atom. The first kappa shape index (κ1) is 19.9. The second-order valence-electron chi connectivity index (χ2n) is 8.13. The second-order valence-corrected chi connectivity index (χ2v) is 8.13. The summed E-state index contributed by atoms with van der Waals surface area (Å²) in [5, 5.41) is 12.1. The van der Waals surface area contributed by atoms with Crippen molar-refractivity contribution in [2.75, 3.05) is 7.11 Å². The van der Waals surface area contributed by atoms with Crippen molar-refractivity contribution in [3.8, 4) is 11.8 Å². The first-order valence-electron chi connectivity index (χ1n) is 10.6. The highest BCUT2D eigenvalue weighted by Crippen LogP contribution is 2.47. The molecule has 2 N–H and O–H groups in total. The van der Waals surface area contributed by atoms with Gasteiger partial charge in [0.05, 0.1) is 13.0 Å². The van der Waals surface area contributed by atoms with Crippen molar-refractivity contribution >= 4 is 16.6 Å². The normalized spacial score (nSPS) is 20.6. The van der Waals surface area contributed by atoms with Crippen LogP contribution in [0.25, 0.3) is 10.8 Å². The lowest BCUT2D eigenvalue weighted by atomic mass is 9.73. The van der Waals surface area contributed by atoms with Gasteiger partial charge < -0.3 is 15.2 Å². The number of nitrogens with two attached hydrogens (primary N) is 1. The molecule has 0 fully saturated rings. The van der Waals surface area contributed by atoms with Crippen LogP contribution in [0.15, 0.2) is 89.5 Å². The van der Waals surface area contributed by atoms with Gasteiger partial charge in [0.1, 0.15) is 23.2 Å². The Kier molecular flexibility index (Phi) is 4.91. The van der Waals surface area contributed by atoms with Crippen molar-refractivity contribution in [2.45, 2.75) is 24.7 Å². The summed E-state index contributed by atoms with van der Waals surface area (Å²) in [6.45, 7) is 0. The molecule has 5 nitrogen and oxygen atoms in total. The number of nitrogens with zero attached hydrogens (tertiary/aromatic N) is 1. The lowest BCUT2D eigenvalue weighted by Gasteiger charge is -2.34. The maximum Gasteiger partial charge on any atom is 0.205 e. The summed E-state index contributed by atoms with van der Waals surface area (Å²) in [7, 11) is 1.60. The van der Waals surface area contributed by atoms with Crippen molar-refractivity contribution in [3.05, 3.63) is 101 Å².